The van der Waals surface area contributed by atoms with Gasteiger partial charge in [0.1, 0.15) is 6.54 Å². The number of nitriles is 1. The maximum Gasteiger partial charge on any atom is 0.224 e. The van der Waals surface area contributed by atoms with Crippen LogP contribution < -0.4 is 11.1 Å². The fourth-order valence-corrected chi connectivity index (χ4v) is 5.24. The van der Waals surface area contributed by atoms with Crippen LogP contribution in [0.3, 0.4) is 0 Å². The number of carbonyl (C=O) groups is 1. The first-order valence-electron chi connectivity index (χ1n) is 9.57. The van der Waals surface area contributed by atoms with Crippen LogP contribution in [0.1, 0.15) is 25.7 Å². The number of nitrogens with one attached hydrogen (secondary N) is 1. The van der Waals surface area contributed by atoms with Crippen molar-refractivity contribution in [1.82, 2.24) is 5.32 Å². The molecule has 6 heteroatoms. The van der Waals surface area contributed by atoms with Crippen LogP contribution >= 0.6 is 0 Å². The third-order valence-corrected chi connectivity index (χ3v) is 6.82. The van der Waals surface area contributed by atoms with Gasteiger partial charge in [-0.3, -0.25) is 9.00 Å². The Bertz CT molecular complexity index is 889. The Hall–Kier alpha value is -2.65. The molecule has 0 aliphatic heterocycles. The van der Waals surface area contributed by atoms with Gasteiger partial charge in [-0.1, -0.05) is 37.1 Å². The number of rotatable bonds is 6. The van der Waals surface area contributed by atoms with Crippen molar-refractivity contribution in [2.24, 2.45) is 11.8 Å². The lowest BCUT2D eigenvalue weighted by Crippen LogP contribution is -2.38. The minimum Gasteiger partial charge on any atom is -0.399 e. The van der Waals surface area contributed by atoms with Crippen LogP contribution in [0.2, 0.25) is 0 Å². The Morgan fingerprint density at radius 1 is 1.14 bits per heavy atom. The van der Waals surface area contributed by atoms with Crippen molar-refractivity contribution in [2.75, 3.05) is 18.0 Å². The summed E-state index contributed by atoms with van der Waals surface area (Å²) >= 11 is 0. The van der Waals surface area contributed by atoms with Gasteiger partial charge < -0.3 is 11.1 Å². The molecule has 0 spiro atoms. The van der Waals surface area contributed by atoms with E-state index in [1.54, 1.807) is 0 Å². The van der Waals surface area contributed by atoms with E-state index in [0.717, 1.165) is 41.7 Å². The van der Waals surface area contributed by atoms with Gasteiger partial charge in [-0.2, -0.15) is 5.26 Å². The fourth-order valence-electron chi connectivity index (χ4n) is 3.82. The molecule has 0 radical (unpaired) electrons. The molecule has 1 aliphatic rings. The first-order chi connectivity index (χ1) is 13.6. The number of carbonyl (C=O) groups excluding carboxylic acids is 1. The van der Waals surface area contributed by atoms with Gasteiger partial charge in [0.05, 0.1) is 16.9 Å². The highest BCUT2D eigenvalue weighted by Gasteiger charge is 2.32. The van der Waals surface area contributed by atoms with Crippen molar-refractivity contribution in [3.8, 4) is 17.2 Å². The van der Waals surface area contributed by atoms with E-state index in [9.17, 15) is 9.00 Å². The second-order valence-corrected chi connectivity index (χ2v) is 8.68. The first-order valence-corrected chi connectivity index (χ1v) is 10.9. The van der Waals surface area contributed by atoms with Gasteiger partial charge >= 0.3 is 0 Å². The van der Waals surface area contributed by atoms with Crippen molar-refractivity contribution in [3.63, 3.8) is 0 Å². The first kappa shape index (κ1) is 20.1. The van der Waals surface area contributed by atoms with Crippen LogP contribution in [0, 0.1) is 23.2 Å². The molecule has 3 rings (SSSR count). The highest BCUT2D eigenvalue weighted by Crippen LogP contribution is 2.32. The summed E-state index contributed by atoms with van der Waals surface area (Å²) in [6, 6.07) is 17.3. The smallest absolute Gasteiger partial charge is 0.224 e. The Kier molecular flexibility index (Phi) is 6.83. The maximum absolute atomic E-state index is 12.9. The van der Waals surface area contributed by atoms with Crippen LogP contribution in [0.5, 0.6) is 0 Å². The monoisotopic (exact) mass is 395 g/mol. The minimum atomic E-state index is -1.16. The zero-order chi connectivity index (χ0) is 19.9. The van der Waals surface area contributed by atoms with Gasteiger partial charge in [-0.05, 0) is 54.2 Å². The van der Waals surface area contributed by atoms with Crippen LogP contribution in [-0.4, -0.2) is 22.4 Å². The molecule has 1 amide bonds. The van der Waals surface area contributed by atoms with Crippen LogP contribution in [0.15, 0.2) is 53.4 Å². The van der Waals surface area contributed by atoms with E-state index in [1.165, 1.54) is 0 Å². The average Bonchev–Trinajstić information content (AvgIpc) is 2.72. The third kappa shape index (κ3) is 4.99. The zero-order valence-electron chi connectivity index (χ0n) is 15.8. The van der Waals surface area contributed by atoms with Crippen molar-refractivity contribution in [1.29, 1.82) is 5.26 Å². The lowest BCUT2D eigenvalue weighted by molar-refractivity contribution is -0.127. The summed E-state index contributed by atoms with van der Waals surface area (Å²) < 4.78 is 12.9. The van der Waals surface area contributed by atoms with Crippen LogP contribution in [0.25, 0.3) is 11.1 Å². The summed E-state index contributed by atoms with van der Waals surface area (Å²) in [5.74, 6) is 0.321. The second kappa shape index (κ2) is 9.52. The summed E-state index contributed by atoms with van der Waals surface area (Å²) in [7, 11) is -1.16. The number of hydrogen-bond acceptors (Lipinski definition) is 4. The summed E-state index contributed by atoms with van der Waals surface area (Å²) in [6.07, 6.45) is 3.76. The Morgan fingerprint density at radius 2 is 1.89 bits per heavy atom. The lowest BCUT2D eigenvalue weighted by atomic mass is 9.80. The molecular weight excluding hydrogens is 370 g/mol. The largest absolute Gasteiger partial charge is 0.399 e. The van der Waals surface area contributed by atoms with Gasteiger partial charge in [0, 0.05) is 22.3 Å². The molecule has 5 nitrogen and oxygen atoms in total. The van der Waals surface area contributed by atoms with E-state index in [-0.39, 0.29) is 24.3 Å². The number of nitrogens with two attached hydrogens (primary N) is 1. The van der Waals surface area contributed by atoms with Crippen LogP contribution in [-0.2, 0) is 15.6 Å². The number of nitrogen functional groups attached to an aromatic ring is 1. The van der Waals surface area contributed by atoms with E-state index < -0.39 is 10.8 Å². The minimum absolute atomic E-state index is 0.0244. The van der Waals surface area contributed by atoms with Gasteiger partial charge in [0.15, 0.2) is 0 Å². The predicted molar refractivity (Wildman–Crippen MR) is 112 cm³/mol. The molecule has 1 fully saturated rings. The highest BCUT2D eigenvalue weighted by atomic mass is 32.2. The normalized spacial score (nSPS) is 20.1. The number of nitrogens with zero attached hydrogens (tertiary/aromatic N) is 1. The number of benzene rings is 2. The second-order valence-electron chi connectivity index (χ2n) is 7.19. The topological polar surface area (TPSA) is 96.0 Å². The zero-order valence-corrected chi connectivity index (χ0v) is 16.6. The molecule has 3 N–H and O–H groups in total. The molecule has 2 aromatic rings. The quantitative estimate of drug-likeness (QED) is 0.578. The summed E-state index contributed by atoms with van der Waals surface area (Å²) in [5, 5.41) is 11.3. The lowest BCUT2D eigenvalue weighted by Gasteiger charge is -2.30. The van der Waals surface area contributed by atoms with Gasteiger partial charge in [-0.15, -0.1) is 0 Å². The Balaban J connectivity index is 1.67. The number of hydrogen-bond donors (Lipinski definition) is 2. The molecule has 146 valence electrons. The van der Waals surface area contributed by atoms with Crippen molar-refractivity contribution in [2.45, 2.75) is 30.6 Å². The van der Waals surface area contributed by atoms with Crippen molar-refractivity contribution >= 4 is 22.4 Å². The average molecular weight is 396 g/mol. The highest BCUT2D eigenvalue weighted by molar-refractivity contribution is 7.85. The van der Waals surface area contributed by atoms with Gasteiger partial charge in [-0.25, -0.2) is 0 Å². The molecule has 2 aromatic carbocycles. The molecule has 0 bridgehead atoms. The van der Waals surface area contributed by atoms with E-state index in [1.807, 2.05) is 54.6 Å². The Labute approximate surface area is 168 Å². The SMILES string of the molecule is N#CCNC(=O)C1CCCCC1CS(=O)c1ccc(-c2cccc(N)c2)cc1. The molecule has 1 saturated carbocycles. The van der Waals surface area contributed by atoms with E-state index >= 15 is 0 Å². The third-order valence-electron chi connectivity index (χ3n) is 5.29. The number of amides is 1. The molecule has 1 aliphatic carbocycles. The summed E-state index contributed by atoms with van der Waals surface area (Å²) in [5.41, 5.74) is 8.61. The summed E-state index contributed by atoms with van der Waals surface area (Å²) in [4.78, 5) is 13.1. The molecule has 0 saturated heterocycles. The molecular formula is C22H25N3O2S. The standard InChI is InChI=1S/C22H25N3O2S/c23-12-13-25-22(26)21-7-2-1-4-18(21)15-28(27)20-10-8-16(9-11-20)17-5-3-6-19(24)14-17/h3,5-6,8-11,14,18,21H,1-2,4,7,13,15,24H2,(H,25,26). The van der Waals surface area contributed by atoms with E-state index in [0.29, 0.717) is 11.4 Å². The summed E-state index contributed by atoms with van der Waals surface area (Å²) in [6.45, 7) is 0.0244. The van der Waals surface area contributed by atoms with Gasteiger partial charge in [0.25, 0.3) is 0 Å². The van der Waals surface area contributed by atoms with Crippen molar-refractivity contribution < 1.29 is 9.00 Å². The predicted octanol–water partition coefficient (Wildman–Crippen LogP) is 3.49. The Morgan fingerprint density at radius 3 is 2.61 bits per heavy atom. The molecule has 28 heavy (non-hydrogen) atoms. The molecule has 0 heterocycles. The van der Waals surface area contributed by atoms with Gasteiger partial charge in [0.2, 0.25) is 5.91 Å². The molecule has 3 atom stereocenters. The van der Waals surface area contributed by atoms with Crippen LogP contribution in [0.4, 0.5) is 5.69 Å². The number of anilines is 1. The maximum atomic E-state index is 12.9. The van der Waals surface area contributed by atoms with E-state index in [2.05, 4.69) is 5.32 Å². The molecule has 0 aromatic heterocycles. The molecule has 3 unspecified atom stereocenters. The van der Waals surface area contributed by atoms with E-state index in [4.69, 9.17) is 11.0 Å². The van der Waals surface area contributed by atoms with Crippen molar-refractivity contribution in [3.05, 3.63) is 48.5 Å². The fraction of sp³-hybridized carbons (Fsp3) is 0.364.